The van der Waals surface area contributed by atoms with Gasteiger partial charge in [0.1, 0.15) is 13.2 Å². The molecule has 172 valence electrons. The maximum atomic E-state index is 13.6. The zero-order valence-electron chi connectivity index (χ0n) is 19.1. The first kappa shape index (κ1) is 22.7. The average molecular weight is 458 g/mol. The summed E-state index contributed by atoms with van der Waals surface area (Å²) in [5.74, 6) is -0.248. The third-order valence-corrected chi connectivity index (χ3v) is 5.61. The summed E-state index contributed by atoms with van der Waals surface area (Å²) in [6, 6.07) is 17.4. The number of rotatable bonds is 6. The molecule has 0 fully saturated rings. The van der Waals surface area contributed by atoms with Crippen LogP contribution >= 0.6 is 0 Å². The van der Waals surface area contributed by atoms with E-state index in [1.54, 1.807) is 86.5 Å². The number of alkyl halides is 1. The van der Waals surface area contributed by atoms with Crippen LogP contribution in [-0.2, 0) is 18.0 Å². The number of hydrogen-bond acceptors (Lipinski definition) is 4. The summed E-state index contributed by atoms with van der Waals surface area (Å²) in [6.45, 7) is 0.960. The van der Waals surface area contributed by atoms with Crippen LogP contribution in [0.1, 0.15) is 16.8 Å². The lowest BCUT2D eigenvalue weighted by Crippen LogP contribution is -2.32. The van der Waals surface area contributed by atoms with Crippen LogP contribution in [0.5, 0.6) is 0 Å². The number of aromatic nitrogens is 4. The summed E-state index contributed by atoms with van der Waals surface area (Å²) in [5, 5.41) is 13.5. The third-order valence-electron chi connectivity index (χ3n) is 5.61. The molecule has 0 radical (unpaired) electrons. The number of nitriles is 1. The lowest BCUT2D eigenvalue weighted by molar-refractivity contribution is -0.129. The van der Waals surface area contributed by atoms with Gasteiger partial charge in [0.25, 0.3) is 0 Å². The fourth-order valence-electron chi connectivity index (χ4n) is 3.86. The number of likely N-dealkylation sites (N-methyl/N-ethyl adjacent to an activating group) is 1. The second-order valence-electron chi connectivity index (χ2n) is 8.02. The summed E-state index contributed by atoms with van der Waals surface area (Å²) >= 11 is 0. The third kappa shape index (κ3) is 4.01. The highest BCUT2D eigenvalue weighted by molar-refractivity contribution is 5.76. The number of benzene rings is 2. The van der Waals surface area contributed by atoms with Crippen molar-refractivity contribution >= 4 is 5.91 Å². The lowest BCUT2D eigenvalue weighted by Gasteiger charge is -2.14. The van der Waals surface area contributed by atoms with Gasteiger partial charge in [-0.05, 0) is 55.0 Å². The van der Waals surface area contributed by atoms with Gasteiger partial charge in [0.05, 0.1) is 46.3 Å². The Balaban J connectivity index is 1.96. The standard InChI is InChI=1S/C25H23FN6O2/c1-17-24(22-11-12-28-32(22)20-9-7-18(15-27)8-10-20)30(16-23(33)29(2)3)25(34)31(17)21-6-4-5-19(13-21)14-26/h4-13H,14,16H2,1-3H3. The molecule has 8 nitrogen and oxygen atoms in total. The number of hydrogen-bond donors (Lipinski definition) is 0. The van der Waals surface area contributed by atoms with Gasteiger partial charge in [-0.25, -0.2) is 13.9 Å². The first-order valence-corrected chi connectivity index (χ1v) is 10.6. The number of imidazole rings is 1. The Morgan fingerprint density at radius 2 is 1.85 bits per heavy atom. The average Bonchev–Trinajstić information content (AvgIpc) is 3.41. The summed E-state index contributed by atoms with van der Waals surface area (Å²) in [5.41, 5.74) is 3.47. The van der Waals surface area contributed by atoms with Gasteiger partial charge in [-0.3, -0.25) is 13.9 Å². The molecule has 2 heterocycles. The summed E-state index contributed by atoms with van der Waals surface area (Å²) in [6.07, 6.45) is 1.61. The molecule has 0 aliphatic carbocycles. The molecule has 4 rings (SSSR count). The van der Waals surface area contributed by atoms with Gasteiger partial charge >= 0.3 is 5.69 Å². The van der Waals surface area contributed by atoms with Crippen LogP contribution in [0.25, 0.3) is 22.8 Å². The minimum Gasteiger partial charge on any atom is -0.347 e. The Kier molecular flexibility index (Phi) is 6.15. The van der Waals surface area contributed by atoms with Gasteiger partial charge in [0, 0.05) is 14.1 Å². The molecule has 0 aliphatic heterocycles. The predicted octanol–water partition coefficient (Wildman–Crippen LogP) is 3.23. The molecule has 4 aromatic rings. The van der Waals surface area contributed by atoms with E-state index in [2.05, 4.69) is 11.2 Å². The smallest absolute Gasteiger partial charge is 0.333 e. The lowest BCUT2D eigenvalue weighted by atomic mass is 10.2. The highest BCUT2D eigenvalue weighted by Gasteiger charge is 2.24. The highest BCUT2D eigenvalue weighted by atomic mass is 19.1. The van der Waals surface area contributed by atoms with Crippen molar-refractivity contribution in [3.05, 3.63) is 88.1 Å². The highest BCUT2D eigenvalue weighted by Crippen LogP contribution is 2.27. The van der Waals surface area contributed by atoms with Crippen LogP contribution in [0.15, 0.2) is 65.6 Å². The maximum Gasteiger partial charge on any atom is 0.333 e. The van der Waals surface area contributed by atoms with Crippen LogP contribution in [-0.4, -0.2) is 43.8 Å². The summed E-state index contributed by atoms with van der Waals surface area (Å²) < 4.78 is 17.9. The van der Waals surface area contributed by atoms with Crippen molar-refractivity contribution in [2.75, 3.05) is 14.1 Å². The van der Waals surface area contributed by atoms with Gasteiger partial charge in [-0.2, -0.15) is 10.4 Å². The van der Waals surface area contributed by atoms with E-state index in [1.807, 2.05) is 0 Å². The normalized spacial score (nSPS) is 10.8. The fourth-order valence-corrected chi connectivity index (χ4v) is 3.86. The molecule has 0 saturated carbocycles. The molecule has 0 aliphatic rings. The van der Waals surface area contributed by atoms with Crippen molar-refractivity contribution in [3.8, 4) is 28.8 Å². The fraction of sp³-hybridized carbons (Fsp3) is 0.200. The molecular formula is C25H23FN6O2. The van der Waals surface area contributed by atoms with Crippen molar-refractivity contribution in [3.63, 3.8) is 0 Å². The van der Waals surface area contributed by atoms with Gasteiger partial charge in [0.2, 0.25) is 5.91 Å². The van der Waals surface area contributed by atoms with E-state index < -0.39 is 12.4 Å². The number of carbonyl (C=O) groups is 1. The summed E-state index contributed by atoms with van der Waals surface area (Å²) in [4.78, 5) is 27.6. The van der Waals surface area contributed by atoms with E-state index in [9.17, 15) is 14.0 Å². The van der Waals surface area contributed by atoms with Crippen molar-refractivity contribution in [1.29, 1.82) is 5.26 Å². The second-order valence-corrected chi connectivity index (χ2v) is 8.02. The van der Waals surface area contributed by atoms with E-state index in [0.29, 0.717) is 39.6 Å². The van der Waals surface area contributed by atoms with E-state index in [-0.39, 0.29) is 12.5 Å². The van der Waals surface area contributed by atoms with E-state index >= 15 is 0 Å². The minimum atomic E-state index is -0.653. The van der Waals surface area contributed by atoms with Crippen LogP contribution in [0, 0.1) is 18.3 Å². The van der Waals surface area contributed by atoms with Gasteiger partial charge < -0.3 is 4.90 Å². The maximum absolute atomic E-state index is 13.6. The molecular weight excluding hydrogens is 435 g/mol. The monoisotopic (exact) mass is 458 g/mol. The van der Waals surface area contributed by atoms with Crippen molar-refractivity contribution in [2.45, 2.75) is 20.1 Å². The zero-order chi connectivity index (χ0) is 24.4. The molecule has 0 unspecified atom stereocenters. The minimum absolute atomic E-state index is 0.170. The molecule has 2 aromatic heterocycles. The number of nitrogens with zero attached hydrogens (tertiary/aromatic N) is 6. The van der Waals surface area contributed by atoms with E-state index in [1.165, 1.54) is 14.0 Å². The van der Waals surface area contributed by atoms with Crippen LogP contribution in [0.4, 0.5) is 4.39 Å². The largest absolute Gasteiger partial charge is 0.347 e. The zero-order valence-corrected chi connectivity index (χ0v) is 19.1. The molecule has 34 heavy (non-hydrogen) atoms. The SMILES string of the molecule is Cc1c(-c2ccnn2-c2ccc(C#N)cc2)n(CC(=O)N(C)C)c(=O)n1-c1cccc(CF)c1. The number of amides is 1. The summed E-state index contributed by atoms with van der Waals surface area (Å²) in [7, 11) is 3.26. The quantitative estimate of drug-likeness (QED) is 0.444. The van der Waals surface area contributed by atoms with Crippen molar-refractivity contribution in [2.24, 2.45) is 0 Å². The van der Waals surface area contributed by atoms with Gasteiger partial charge in [-0.1, -0.05) is 12.1 Å². The Hall–Kier alpha value is -4.45. The Labute approximate surface area is 195 Å². The van der Waals surface area contributed by atoms with E-state index in [0.717, 1.165) is 0 Å². The molecule has 0 spiro atoms. The number of carbonyl (C=O) groups excluding carboxylic acids is 1. The first-order valence-electron chi connectivity index (χ1n) is 10.6. The molecule has 9 heteroatoms. The topological polar surface area (TPSA) is 88.8 Å². The molecule has 1 amide bonds. The van der Waals surface area contributed by atoms with Crippen LogP contribution in [0.2, 0.25) is 0 Å². The van der Waals surface area contributed by atoms with Crippen molar-refractivity contribution in [1.82, 2.24) is 23.8 Å². The Morgan fingerprint density at radius 1 is 1.12 bits per heavy atom. The Bertz CT molecular complexity index is 1450. The second kappa shape index (κ2) is 9.19. The van der Waals surface area contributed by atoms with Gasteiger partial charge in [-0.15, -0.1) is 0 Å². The van der Waals surface area contributed by atoms with Gasteiger partial charge in [0.15, 0.2) is 0 Å². The molecule has 2 aromatic carbocycles. The molecule has 0 atom stereocenters. The Morgan fingerprint density at radius 3 is 2.50 bits per heavy atom. The molecule has 0 bridgehead atoms. The first-order chi connectivity index (χ1) is 16.3. The molecule has 0 saturated heterocycles. The van der Waals surface area contributed by atoms with E-state index in [4.69, 9.17) is 5.26 Å². The van der Waals surface area contributed by atoms with Crippen LogP contribution in [0.3, 0.4) is 0 Å². The molecule has 0 N–H and O–H groups in total. The number of halogens is 1. The van der Waals surface area contributed by atoms with Crippen molar-refractivity contribution < 1.29 is 9.18 Å². The predicted molar refractivity (Wildman–Crippen MR) is 126 cm³/mol. The van der Waals surface area contributed by atoms with Crippen LogP contribution < -0.4 is 5.69 Å².